The van der Waals surface area contributed by atoms with Crippen molar-refractivity contribution in [3.8, 4) is 0 Å². The van der Waals surface area contributed by atoms with Gasteiger partial charge in [-0.05, 0) is 43.0 Å². The molecule has 1 aromatic carbocycles. The van der Waals surface area contributed by atoms with Gasteiger partial charge in [-0.15, -0.1) is 0 Å². The largest absolute Gasteiger partial charge is 0.371 e. The normalized spacial score (nSPS) is 20.2. The summed E-state index contributed by atoms with van der Waals surface area (Å²) in [5.74, 6) is -3.67. The molecule has 0 N–H and O–H groups in total. The van der Waals surface area contributed by atoms with Crippen molar-refractivity contribution in [3.63, 3.8) is 0 Å². The number of amides is 2. The predicted octanol–water partition coefficient (Wildman–Crippen LogP) is 4.79. The van der Waals surface area contributed by atoms with Crippen molar-refractivity contribution in [2.75, 3.05) is 31.3 Å². The zero-order chi connectivity index (χ0) is 24.2. The van der Waals surface area contributed by atoms with Crippen LogP contribution in [0.25, 0.3) is 10.4 Å². The minimum atomic E-state index is -1.32. The van der Waals surface area contributed by atoms with Gasteiger partial charge in [0.05, 0.1) is 5.92 Å². The summed E-state index contributed by atoms with van der Waals surface area (Å²) in [6, 6.07) is 3.25. The van der Waals surface area contributed by atoms with E-state index in [1.165, 1.54) is 12.1 Å². The van der Waals surface area contributed by atoms with E-state index in [1.54, 1.807) is 0 Å². The van der Waals surface area contributed by atoms with E-state index in [-0.39, 0.29) is 37.1 Å². The maximum atomic E-state index is 15.1. The SMILES string of the molecule is C[Si](C)(C)CCOCN1C(=O)CCC(c2c(F)cc(N3CCC(N=[N+]=[N-])CC3)cc2F)C1=O. The van der Waals surface area contributed by atoms with Gasteiger partial charge >= 0.3 is 0 Å². The molecule has 0 bridgehead atoms. The summed E-state index contributed by atoms with van der Waals surface area (Å²) < 4.78 is 35.7. The second-order valence-corrected chi connectivity index (χ2v) is 15.5. The molecule has 11 heteroatoms. The maximum absolute atomic E-state index is 15.1. The van der Waals surface area contributed by atoms with E-state index in [1.807, 2.05) is 4.90 Å². The molecule has 2 fully saturated rings. The number of hydrogen-bond donors (Lipinski definition) is 0. The summed E-state index contributed by atoms with van der Waals surface area (Å²) in [7, 11) is -1.32. The Morgan fingerprint density at radius 1 is 1.15 bits per heavy atom. The molecule has 0 aliphatic carbocycles. The molecule has 0 aromatic heterocycles. The Labute approximate surface area is 193 Å². The number of rotatable bonds is 8. The number of hydrogen-bond acceptors (Lipinski definition) is 5. The molecule has 2 amide bonds. The average Bonchev–Trinajstić information content (AvgIpc) is 2.74. The molecule has 2 aliphatic rings. The fourth-order valence-corrected chi connectivity index (χ4v) is 4.93. The standard InChI is InChI=1S/C22H31F2N5O3Si/c1-33(2,3)11-10-32-14-29-20(30)5-4-17(22(29)31)21-18(23)12-16(13-19(21)24)28-8-6-15(7-9-28)26-27-25/h12-13,15,17H,4-11,14H2,1-3H3. The van der Waals surface area contributed by atoms with Crippen molar-refractivity contribution in [3.05, 3.63) is 39.8 Å². The number of halogens is 2. The zero-order valence-corrected chi connectivity index (χ0v) is 20.4. The van der Waals surface area contributed by atoms with Gasteiger partial charge in [0.15, 0.2) is 0 Å². The summed E-state index contributed by atoms with van der Waals surface area (Å²) in [5, 5.41) is 3.71. The highest BCUT2D eigenvalue weighted by Crippen LogP contribution is 2.35. The second kappa shape index (κ2) is 10.6. The number of ether oxygens (including phenoxy) is 1. The maximum Gasteiger partial charge on any atom is 0.238 e. The Kier molecular flexibility index (Phi) is 8.09. The first-order chi connectivity index (χ1) is 15.6. The van der Waals surface area contributed by atoms with Crippen LogP contribution in [0.3, 0.4) is 0 Å². The van der Waals surface area contributed by atoms with Gasteiger partial charge in [0.1, 0.15) is 18.4 Å². The highest BCUT2D eigenvalue weighted by atomic mass is 28.3. The van der Waals surface area contributed by atoms with E-state index in [2.05, 4.69) is 29.7 Å². The fourth-order valence-electron chi connectivity index (χ4n) is 4.17. The number of imide groups is 1. The molecule has 0 saturated carbocycles. The number of carbonyl (C=O) groups is 2. The first-order valence-corrected chi connectivity index (χ1v) is 15.0. The fraction of sp³-hybridized carbons (Fsp3) is 0.636. The molecule has 33 heavy (non-hydrogen) atoms. The number of carbonyl (C=O) groups excluding carboxylic acids is 2. The topological polar surface area (TPSA) is 98.6 Å². The van der Waals surface area contributed by atoms with Crippen LogP contribution in [0.2, 0.25) is 25.7 Å². The lowest BCUT2D eigenvalue weighted by Crippen LogP contribution is -2.45. The van der Waals surface area contributed by atoms with Crippen LogP contribution in [-0.4, -0.2) is 57.3 Å². The van der Waals surface area contributed by atoms with Crippen molar-refractivity contribution in [2.24, 2.45) is 5.11 Å². The molecule has 2 saturated heterocycles. The van der Waals surface area contributed by atoms with Crippen LogP contribution in [-0.2, 0) is 14.3 Å². The van der Waals surface area contributed by atoms with Crippen LogP contribution in [0.15, 0.2) is 17.2 Å². The number of piperidine rings is 2. The summed E-state index contributed by atoms with van der Waals surface area (Å²) >= 11 is 0. The van der Waals surface area contributed by atoms with Crippen LogP contribution >= 0.6 is 0 Å². The lowest BCUT2D eigenvalue weighted by Gasteiger charge is -2.33. The van der Waals surface area contributed by atoms with E-state index < -0.39 is 31.5 Å². The van der Waals surface area contributed by atoms with Crippen LogP contribution in [0.5, 0.6) is 0 Å². The van der Waals surface area contributed by atoms with Crippen molar-refractivity contribution in [2.45, 2.75) is 63.3 Å². The molecule has 1 aromatic rings. The highest BCUT2D eigenvalue weighted by Gasteiger charge is 2.38. The molecule has 0 radical (unpaired) electrons. The number of anilines is 1. The molecule has 8 nitrogen and oxygen atoms in total. The Balaban J connectivity index is 1.71. The summed E-state index contributed by atoms with van der Waals surface area (Å²) in [6.45, 7) is 7.86. The van der Waals surface area contributed by atoms with Gasteiger partial charge in [-0.25, -0.2) is 8.78 Å². The Morgan fingerprint density at radius 2 is 1.79 bits per heavy atom. The van der Waals surface area contributed by atoms with Crippen molar-refractivity contribution in [1.82, 2.24) is 4.90 Å². The zero-order valence-electron chi connectivity index (χ0n) is 19.4. The minimum absolute atomic E-state index is 0.0291. The first-order valence-electron chi connectivity index (χ1n) is 11.3. The highest BCUT2D eigenvalue weighted by molar-refractivity contribution is 6.76. The van der Waals surface area contributed by atoms with Crippen LogP contribution in [0.1, 0.15) is 37.2 Å². The van der Waals surface area contributed by atoms with Crippen LogP contribution in [0.4, 0.5) is 14.5 Å². The Hall–Kier alpha value is -2.49. The van der Waals surface area contributed by atoms with Gasteiger partial charge in [-0.3, -0.25) is 14.5 Å². The number of likely N-dealkylation sites (tertiary alicyclic amines) is 1. The lowest BCUT2D eigenvalue weighted by atomic mass is 9.88. The van der Waals surface area contributed by atoms with Gasteiger partial charge in [-0.1, -0.05) is 24.8 Å². The van der Waals surface area contributed by atoms with E-state index >= 15 is 8.78 Å². The summed E-state index contributed by atoms with van der Waals surface area (Å²) in [6.07, 6.45) is 1.30. The minimum Gasteiger partial charge on any atom is -0.371 e. The van der Waals surface area contributed by atoms with Gasteiger partial charge in [0, 0.05) is 56.4 Å². The molecule has 3 rings (SSSR count). The van der Waals surface area contributed by atoms with E-state index in [0.29, 0.717) is 38.2 Å². The molecule has 1 unspecified atom stereocenters. The third-order valence-electron chi connectivity index (χ3n) is 6.19. The van der Waals surface area contributed by atoms with Crippen LogP contribution in [0, 0.1) is 11.6 Å². The van der Waals surface area contributed by atoms with Gasteiger partial charge in [0.25, 0.3) is 0 Å². The quantitative estimate of drug-likeness (QED) is 0.134. The van der Waals surface area contributed by atoms with Gasteiger partial charge in [-0.2, -0.15) is 0 Å². The Morgan fingerprint density at radius 3 is 2.36 bits per heavy atom. The molecule has 2 aliphatic heterocycles. The van der Waals surface area contributed by atoms with E-state index in [0.717, 1.165) is 10.9 Å². The summed E-state index contributed by atoms with van der Waals surface area (Å²) in [5.41, 5.74) is 8.65. The third-order valence-corrected chi connectivity index (χ3v) is 7.89. The molecular weight excluding hydrogens is 448 g/mol. The molecule has 180 valence electrons. The monoisotopic (exact) mass is 479 g/mol. The lowest BCUT2D eigenvalue weighted by molar-refractivity contribution is -0.155. The van der Waals surface area contributed by atoms with Gasteiger partial charge < -0.3 is 9.64 Å². The molecule has 0 spiro atoms. The third kappa shape index (κ3) is 6.30. The van der Waals surface area contributed by atoms with E-state index in [4.69, 9.17) is 10.3 Å². The van der Waals surface area contributed by atoms with Crippen LogP contribution < -0.4 is 4.90 Å². The number of benzene rings is 1. The average molecular weight is 480 g/mol. The Bertz CT molecular complexity index is 917. The van der Waals surface area contributed by atoms with Crippen molar-refractivity contribution in [1.29, 1.82) is 0 Å². The smallest absolute Gasteiger partial charge is 0.238 e. The second-order valence-electron chi connectivity index (χ2n) is 9.85. The molecular formula is C22H31F2N5O3Si. The molecule has 1 atom stereocenters. The van der Waals surface area contributed by atoms with E-state index in [9.17, 15) is 9.59 Å². The predicted molar refractivity (Wildman–Crippen MR) is 124 cm³/mol. The number of azide groups is 1. The van der Waals surface area contributed by atoms with Gasteiger partial charge in [0.2, 0.25) is 11.8 Å². The number of nitrogens with zero attached hydrogens (tertiary/aromatic N) is 5. The molecule has 2 heterocycles. The summed E-state index contributed by atoms with van der Waals surface area (Å²) in [4.78, 5) is 30.9. The first kappa shape index (κ1) is 25.1. The van der Waals surface area contributed by atoms with Crippen molar-refractivity contribution >= 4 is 25.6 Å². The van der Waals surface area contributed by atoms with Crippen molar-refractivity contribution < 1.29 is 23.1 Å².